The van der Waals surface area contributed by atoms with Crippen LogP contribution in [-0.2, 0) is 4.79 Å². The van der Waals surface area contributed by atoms with Gasteiger partial charge in [0, 0.05) is 43.0 Å². The number of carbonyl (C=O) groups is 1. The van der Waals surface area contributed by atoms with Crippen molar-refractivity contribution < 1.29 is 4.79 Å². The van der Waals surface area contributed by atoms with Gasteiger partial charge in [0.2, 0.25) is 5.91 Å². The molecule has 0 spiro atoms. The van der Waals surface area contributed by atoms with E-state index >= 15 is 0 Å². The van der Waals surface area contributed by atoms with Crippen molar-refractivity contribution in [3.63, 3.8) is 0 Å². The summed E-state index contributed by atoms with van der Waals surface area (Å²) in [7, 11) is 0. The molecule has 1 fully saturated rings. The van der Waals surface area contributed by atoms with Crippen LogP contribution < -0.4 is 4.90 Å². The Kier molecular flexibility index (Phi) is 4.80. The van der Waals surface area contributed by atoms with Gasteiger partial charge >= 0.3 is 0 Å². The van der Waals surface area contributed by atoms with Crippen molar-refractivity contribution in [3.8, 4) is 0 Å². The second kappa shape index (κ2) is 6.99. The Balaban J connectivity index is 1.55. The SMILES string of the molecule is O=C(/C=C/c1ccsc1)N1CCN(c2ccc(Cl)cc2)CC1. The van der Waals surface area contributed by atoms with E-state index in [0.717, 1.165) is 42.5 Å². The third kappa shape index (κ3) is 3.70. The molecule has 3 rings (SSSR count). The zero-order valence-electron chi connectivity index (χ0n) is 12.1. The zero-order valence-corrected chi connectivity index (χ0v) is 13.7. The van der Waals surface area contributed by atoms with E-state index in [2.05, 4.69) is 4.90 Å². The fraction of sp³-hybridized carbons (Fsp3) is 0.235. The first kappa shape index (κ1) is 15.1. The first-order valence-corrected chi connectivity index (χ1v) is 8.54. The Morgan fingerprint density at radius 2 is 1.82 bits per heavy atom. The van der Waals surface area contributed by atoms with Crippen LogP contribution >= 0.6 is 22.9 Å². The summed E-state index contributed by atoms with van der Waals surface area (Å²) in [5, 5.41) is 4.79. The maximum atomic E-state index is 12.2. The van der Waals surface area contributed by atoms with Crippen molar-refractivity contribution >= 4 is 40.6 Å². The molecule has 3 nitrogen and oxygen atoms in total. The molecule has 0 N–H and O–H groups in total. The first-order chi connectivity index (χ1) is 10.7. The Morgan fingerprint density at radius 1 is 1.09 bits per heavy atom. The van der Waals surface area contributed by atoms with Crippen LogP contribution in [0.15, 0.2) is 47.2 Å². The van der Waals surface area contributed by atoms with E-state index in [4.69, 9.17) is 11.6 Å². The summed E-state index contributed by atoms with van der Waals surface area (Å²) in [6.07, 6.45) is 3.55. The number of carbonyl (C=O) groups excluding carboxylic acids is 1. The van der Waals surface area contributed by atoms with E-state index < -0.39 is 0 Å². The first-order valence-electron chi connectivity index (χ1n) is 7.22. The van der Waals surface area contributed by atoms with Crippen LogP contribution in [0.3, 0.4) is 0 Å². The molecule has 2 heterocycles. The number of amides is 1. The highest BCUT2D eigenvalue weighted by Crippen LogP contribution is 2.19. The molecule has 1 aromatic heterocycles. The lowest BCUT2D eigenvalue weighted by Crippen LogP contribution is -2.48. The molecule has 1 aromatic carbocycles. The minimum atomic E-state index is 0.0851. The second-order valence-electron chi connectivity index (χ2n) is 5.18. The van der Waals surface area contributed by atoms with Gasteiger partial charge in [-0.2, -0.15) is 11.3 Å². The molecule has 1 aliphatic heterocycles. The standard InChI is InChI=1S/C17H17ClN2OS/c18-15-2-4-16(5-3-15)19-8-10-20(11-9-19)17(21)6-1-14-7-12-22-13-14/h1-7,12-13H,8-11H2/b6-1+. The van der Waals surface area contributed by atoms with Gasteiger partial charge in [-0.25, -0.2) is 0 Å². The summed E-state index contributed by atoms with van der Waals surface area (Å²) in [5.74, 6) is 0.0851. The van der Waals surface area contributed by atoms with Crippen molar-refractivity contribution in [2.45, 2.75) is 0 Å². The predicted molar refractivity (Wildman–Crippen MR) is 93.6 cm³/mol. The summed E-state index contributed by atoms with van der Waals surface area (Å²) >= 11 is 7.55. The molecule has 2 aromatic rings. The molecule has 0 atom stereocenters. The van der Waals surface area contributed by atoms with Gasteiger partial charge in [-0.3, -0.25) is 4.79 Å². The number of nitrogens with zero attached hydrogens (tertiary/aromatic N) is 2. The predicted octanol–water partition coefficient (Wildman–Crippen LogP) is 3.76. The summed E-state index contributed by atoms with van der Waals surface area (Å²) in [6.45, 7) is 3.18. The van der Waals surface area contributed by atoms with Gasteiger partial charge in [0.15, 0.2) is 0 Å². The lowest BCUT2D eigenvalue weighted by molar-refractivity contribution is -0.126. The van der Waals surface area contributed by atoms with Crippen LogP contribution in [0.2, 0.25) is 5.02 Å². The average molecular weight is 333 g/mol. The van der Waals surface area contributed by atoms with Crippen molar-refractivity contribution in [1.82, 2.24) is 4.90 Å². The van der Waals surface area contributed by atoms with Gasteiger partial charge in [-0.15, -0.1) is 0 Å². The molecule has 0 bridgehead atoms. The van der Waals surface area contributed by atoms with E-state index in [1.165, 1.54) is 0 Å². The summed E-state index contributed by atoms with van der Waals surface area (Å²) in [5.41, 5.74) is 2.24. The molecule has 1 saturated heterocycles. The molecule has 1 amide bonds. The minimum Gasteiger partial charge on any atom is -0.368 e. The van der Waals surface area contributed by atoms with Crippen molar-refractivity contribution in [1.29, 1.82) is 0 Å². The fourth-order valence-electron chi connectivity index (χ4n) is 2.48. The van der Waals surface area contributed by atoms with Crippen LogP contribution in [0.4, 0.5) is 5.69 Å². The number of benzene rings is 1. The molecule has 114 valence electrons. The Labute approximate surface area is 139 Å². The molecule has 1 aliphatic rings. The third-order valence-electron chi connectivity index (χ3n) is 3.74. The van der Waals surface area contributed by atoms with E-state index in [1.54, 1.807) is 17.4 Å². The minimum absolute atomic E-state index is 0.0851. The average Bonchev–Trinajstić information content (AvgIpc) is 3.07. The van der Waals surface area contributed by atoms with E-state index in [-0.39, 0.29) is 5.91 Å². The van der Waals surface area contributed by atoms with E-state index in [0.29, 0.717) is 0 Å². The zero-order chi connectivity index (χ0) is 15.4. The maximum Gasteiger partial charge on any atom is 0.246 e. The molecular weight excluding hydrogens is 316 g/mol. The van der Waals surface area contributed by atoms with Gasteiger partial charge in [0.05, 0.1) is 0 Å². The molecule has 5 heteroatoms. The van der Waals surface area contributed by atoms with Crippen molar-refractivity contribution in [2.24, 2.45) is 0 Å². The molecule has 0 radical (unpaired) electrons. The van der Waals surface area contributed by atoms with Crippen LogP contribution in [0.5, 0.6) is 0 Å². The van der Waals surface area contributed by atoms with Crippen LogP contribution in [0.25, 0.3) is 6.08 Å². The molecular formula is C17H17ClN2OS. The molecule has 0 unspecified atom stereocenters. The summed E-state index contributed by atoms with van der Waals surface area (Å²) in [6, 6.07) is 9.86. The van der Waals surface area contributed by atoms with Crippen LogP contribution in [0.1, 0.15) is 5.56 Å². The maximum absolute atomic E-state index is 12.2. The molecule has 0 aliphatic carbocycles. The van der Waals surface area contributed by atoms with Crippen LogP contribution in [-0.4, -0.2) is 37.0 Å². The summed E-state index contributed by atoms with van der Waals surface area (Å²) < 4.78 is 0. The molecule has 22 heavy (non-hydrogen) atoms. The lowest BCUT2D eigenvalue weighted by atomic mass is 10.2. The monoisotopic (exact) mass is 332 g/mol. The highest BCUT2D eigenvalue weighted by molar-refractivity contribution is 7.08. The topological polar surface area (TPSA) is 23.6 Å². The lowest BCUT2D eigenvalue weighted by Gasteiger charge is -2.35. The highest BCUT2D eigenvalue weighted by Gasteiger charge is 2.19. The normalized spacial score (nSPS) is 15.5. The van der Waals surface area contributed by atoms with Crippen molar-refractivity contribution in [2.75, 3.05) is 31.1 Å². The number of piperazine rings is 1. The van der Waals surface area contributed by atoms with Gasteiger partial charge in [0.25, 0.3) is 0 Å². The number of rotatable bonds is 3. The number of anilines is 1. The number of halogens is 1. The van der Waals surface area contributed by atoms with Gasteiger partial charge < -0.3 is 9.80 Å². The quantitative estimate of drug-likeness (QED) is 0.799. The number of hydrogen-bond acceptors (Lipinski definition) is 3. The number of thiophene rings is 1. The molecule has 0 saturated carbocycles. The summed E-state index contributed by atoms with van der Waals surface area (Å²) in [4.78, 5) is 16.4. The van der Waals surface area contributed by atoms with E-state index in [1.807, 2.05) is 52.1 Å². The van der Waals surface area contributed by atoms with Gasteiger partial charge in [-0.1, -0.05) is 11.6 Å². The third-order valence-corrected chi connectivity index (χ3v) is 4.70. The smallest absolute Gasteiger partial charge is 0.246 e. The van der Waals surface area contributed by atoms with E-state index in [9.17, 15) is 4.79 Å². The van der Waals surface area contributed by atoms with Crippen molar-refractivity contribution in [3.05, 3.63) is 57.8 Å². The largest absolute Gasteiger partial charge is 0.368 e. The van der Waals surface area contributed by atoms with Gasteiger partial charge in [0.1, 0.15) is 0 Å². The highest BCUT2D eigenvalue weighted by atomic mass is 35.5. The second-order valence-corrected chi connectivity index (χ2v) is 6.40. The van der Waals surface area contributed by atoms with Crippen LogP contribution in [0, 0.1) is 0 Å². The van der Waals surface area contributed by atoms with Gasteiger partial charge in [-0.05, 0) is 52.7 Å². The Morgan fingerprint density at radius 3 is 2.45 bits per heavy atom. The Bertz CT molecular complexity index is 644. The number of hydrogen-bond donors (Lipinski definition) is 0. The Hall–Kier alpha value is -1.78. The fourth-order valence-corrected chi connectivity index (χ4v) is 3.23.